The van der Waals surface area contributed by atoms with Crippen molar-refractivity contribution in [3.63, 3.8) is 0 Å². The number of nitrogens with zero attached hydrogens (tertiary/aromatic N) is 3. The Morgan fingerprint density at radius 3 is 2.80 bits per heavy atom. The van der Waals surface area contributed by atoms with Gasteiger partial charge in [-0.1, -0.05) is 18.2 Å². The fraction of sp³-hybridized carbons (Fsp3) is 0.143. The third-order valence-electron chi connectivity index (χ3n) is 3.16. The summed E-state index contributed by atoms with van der Waals surface area (Å²) in [4.78, 5) is 12.1. The predicted molar refractivity (Wildman–Crippen MR) is 72.8 cm³/mol. The summed E-state index contributed by atoms with van der Waals surface area (Å²) in [6.45, 7) is 0.378. The molecule has 2 heterocycles. The van der Waals surface area contributed by atoms with Gasteiger partial charge in [-0.05, 0) is 23.8 Å². The van der Waals surface area contributed by atoms with Crippen LogP contribution in [0.3, 0.4) is 0 Å². The van der Waals surface area contributed by atoms with Crippen molar-refractivity contribution in [1.29, 1.82) is 0 Å². The van der Waals surface area contributed by atoms with Crippen LogP contribution in [-0.2, 0) is 13.1 Å². The highest BCUT2D eigenvalue weighted by Gasteiger charge is 2.09. The normalized spacial score (nSPS) is 11.1. The quantitative estimate of drug-likeness (QED) is 0.777. The molecular formula is C14H13FN4O. The number of rotatable bonds is 3. The van der Waals surface area contributed by atoms with Crippen LogP contribution in [0.4, 0.5) is 4.39 Å². The van der Waals surface area contributed by atoms with E-state index >= 15 is 0 Å². The maximum Gasteiger partial charge on any atom is 0.350 e. The van der Waals surface area contributed by atoms with Gasteiger partial charge in [0.25, 0.3) is 0 Å². The van der Waals surface area contributed by atoms with E-state index in [2.05, 4.69) is 5.10 Å². The van der Waals surface area contributed by atoms with Gasteiger partial charge in [0.1, 0.15) is 5.82 Å². The average Bonchev–Trinajstić information content (AvgIpc) is 2.78. The fourth-order valence-electron chi connectivity index (χ4n) is 2.08. The van der Waals surface area contributed by atoms with E-state index in [-0.39, 0.29) is 24.6 Å². The van der Waals surface area contributed by atoms with Crippen molar-refractivity contribution < 1.29 is 4.39 Å². The molecule has 102 valence electrons. The van der Waals surface area contributed by atoms with Gasteiger partial charge < -0.3 is 5.73 Å². The van der Waals surface area contributed by atoms with Gasteiger partial charge in [-0.15, -0.1) is 5.10 Å². The number of hydrogen-bond donors (Lipinski definition) is 1. The van der Waals surface area contributed by atoms with Crippen LogP contribution in [0.25, 0.3) is 5.65 Å². The molecule has 0 saturated carbocycles. The Balaban J connectivity index is 2.01. The lowest BCUT2D eigenvalue weighted by Gasteiger charge is -2.04. The molecule has 0 fully saturated rings. The minimum atomic E-state index is -0.378. The number of pyridine rings is 1. The lowest BCUT2D eigenvalue weighted by Crippen LogP contribution is -2.22. The summed E-state index contributed by atoms with van der Waals surface area (Å²) in [5.74, 6) is -0.378. The number of nitrogens with two attached hydrogens (primary N) is 1. The third kappa shape index (κ3) is 2.10. The Hall–Kier alpha value is -2.47. The molecule has 0 radical (unpaired) electrons. The van der Waals surface area contributed by atoms with E-state index in [0.29, 0.717) is 16.8 Å². The SMILES string of the molecule is NCc1ccc(Cn2nc3ccccn3c2=O)c(F)c1. The molecule has 1 aromatic carbocycles. The van der Waals surface area contributed by atoms with E-state index in [1.165, 1.54) is 15.1 Å². The summed E-state index contributed by atoms with van der Waals surface area (Å²) in [6, 6.07) is 10.0. The molecule has 3 rings (SSSR count). The zero-order valence-corrected chi connectivity index (χ0v) is 10.7. The Morgan fingerprint density at radius 2 is 2.10 bits per heavy atom. The molecule has 3 aromatic rings. The van der Waals surface area contributed by atoms with Gasteiger partial charge in [0.05, 0.1) is 6.54 Å². The van der Waals surface area contributed by atoms with Crippen LogP contribution in [0.2, 0.25) is 0 Å². The molecule has 0 aliphatic carbocycles. The molecule has 0 aliphatic heterocycles. The van der Waals surface area contributed by atoms with Crippen molar-refractivity contribution in [2.75, 3.05) is 0 Å². The minimum Gasteiger partial charge on any atom is -0.326 e. The molecule has 0 atom stereocenters. The van der Waals surface area contributed by atoms with E-state index < -0.39 is 0 Å². The third-order valence-corrected chi connectivity index (χ3v) is 3.16. The Kier molecular flexibility index (Phi) is 3.08. The lowest BCUT2D eigenvalue weighted by molar-refractivity contribution is 0.576. The van der Waals surface area contributed by atoms with Crippen LogP contribution in [-0.4, -0.2) is 14.2 Å². The van der Waals surface area contributed by atoms with Crippen LogP contribution >= 0.6 is 0 Å². The first-order valence-electron chi connectivity index (χ1n) is 6.20. The number of aromatic nitrogens is 3. The van der Waals surface area contributed by atoms with E-state index in [0.717, 1.165) is 0 Å². The van der Waals surface area contributed by atoms with E-state index in [1.54, 1.807) is 36.5 Å². The van der Waals surface area contributed by atoms with Gasteiger partial charge in [0.2, 0.25) is 0 Å². The largest absolute Gasteiger partial charge is 0.350 e. The van der Waals surface area contributed by atoms with Crippen LogP contribution in [0.1, 0.15) is 11.1 Å². The summed E-state index contributed by atoms with van der Waals surface area (Å²) in [6.07, 6.45) is 1.63. The fourth-order valence-corrected chi connectivity index (χ4v) is 2.08. The van der Waals surface area contributed by atoms with Crippen molar-refractivity contribution in [1.82, 2.24) is 14.2 Å². The standard InChI is InChI=1S/C14H13FN4O/c15-12-7-10(8-16)4-5-11(12)9-19-14(20)18-6-2-1-3-13(18)17-19/h1-7H,8-9,16H2. The first kappa shape index (κ1) is 12.6. The lowest BCUT2D eigenvalue weighted by atomic mass is 10.1. The zero-order chi connectivity index (χ0) is 14.1. The monoisotopic (exact) mass is 272 g/mol. The van der Waals surface area contributed by atoms with Gasteiger partial charge in [0.15, 0.2) is 5.65 Å². The number of hydrogen-bond acceptors (Lipinski definition) is 3. The van der Waals surface area contributed by atoms with Gasteiger partial charge in [-0.25, -0.2) is 13.9 Å². The van der Waals surface area contributed by atoms with E-state index in [9.17, 15) is 9.18 Å². The molecule has 5 nitrogen and oxygen atoms in total. The minimum absolute atomic E-state index is 0.0944. The van der Waals surface area contributed by atoms with Gasteiger partial charge in [0, 0.05) is 18.3 Å². The summed E-state index contributed by atoms with van der Waals surface area (Å²) >= 11 is 0. The summed E-state index contributed by atoms with van der Waals surface area (Å²) in [5, 5.41) is 4.17. The van der Waals surface area contributed by atoms with Crippen molar-refractivity contribution in [3.8, 4) is 0 Å². The molecule has 0 saturated heterocycles. The summed E-state index contributed by atoms with van der Waals surface area (Å²) < 4.78 is 16.6. The molecule has 20 heavy (non-hydrogen) atoms. The Bertz CT molecular complexity index is 821. The number of benzene rings is 1. The summed E-state index contributed by atoms with van der Waals surface area (Å²) in [7, 11) is 0. The average molecular weight is 272 g/mol. The molecule has 2 N–H and O–H groups in total. The smallest absolute Gasteiger partial charge is 0.326 e. The highest BCUT2D eigenvalue weighted by Crippen LogP contribution is 2.11. The second-order valence-electron chi connectivity index (χ2n) is 4.50. The predicted octanol–water partition coefficient (Wildman–Crippen LogP) is 1.14. The van der Waals surface area contributed by atoms with E-state index in [4.69, 9.17) is 5.73 Å². The first-order valence-corrected chi connectivity index (χ1v) is 6.20. The molecule has 0 bridgehead atoms. The van der Waals surface area contributed by atoms with Gasteiger partial charge >= 0.3 is 5.69 Å². The van der Waals surface area contributed by atoms with Crippen molar-refractivity contribution in [2.24, 2.45) is 5.73 Å². The van der Waals surface area contributed by atoms with Gasteiger partial charge in [-0.3, -0.25) is 4.40 Å². The molecule has 0 unspecified atom stereocenters. The highest BCUT2D eigenvalue weighted by molar-refractivity contribution is 5.35. The van der Waals surface area contributed by atoms with Crippen molar-refractivity contribution in [3.05, 3.63) is 70.0 Å². The first-order chi connectivity index (χ1) is 9.69. The topological polar surface area (TPSA) is 65.3 Å². The second kappa shape index (κ2) is 4.90. The van der Waals surface area contributed by atoms with E-state index in [1.807, 2.05) is 0 Å². The number of halogens is 1. The number of fused-ring (bicyclic) bond motifs is 1. The van der Waals surface area contributed by atoms with Crippen LogP contribution in [0.15, 0.2) is 47.4 Å². The highest BCUT2D eigenvalue weighted by atomic mass is 19.1. The molecular weight excluding hydrogens is 259 g/mol. The molecule has 0 amide bonds. The molecule has 0 aliphatic rings. The Morgan fingerprint density at radius 1 is 1.25 bits per heavy atom. The molecule has 2 aromatic heterocycles. The molecule has 6 heteroatoms. The maximum absolute atomic E-state index is 13.9. The van der Waals surface area contributed by atoms with Crippen LogP contribution in [0, 0.1) is 5.82 Å². The van der Waals surface area contributed by atoms with Crippen LogP contribution in [0.5, 0.6) is 0 Å². The second-order valence-corrected chi connectivity index (χ2v) is 4.50. The van der Waals surface area contributed by atoms with Crippen LogP contribution < -0.4 is 11.4 Å². The zero-order valence-electron chi connectivity index (χ0n) is 10.7. The molecule has 0 spiro atoms. The van der Waals surface area contributed by atoms with Gasteiger partial charge in [-0.2, -0.15) is 0 Å². The summed E-state index contributed by atoms with van der Waals surface area (Å²) in [5.41, 5.74) is 6.83. The Labute approximate surface area is 114 Å². The maximum atomic E-state index is 13.9. The van der Waals surface area contributed by atoms with Crippen molar-refractivity contribution >= 4 is 5.65 Å². The van der Waals surface area contributed by atoms with Crippen molar-refractivity contribution in [2.45, 2.75) is 13.1 Å².